The maximum Gasteiger partial charge on any atom is 0.353 e. The molecular weight excluding hydrogens is 510 g/mol. The van der Waals surface area contributed by atoms with Crippen molar-refractivity contribution in [2.75, 3.05) is 20.3 Å². The monoisotopic (exact) mass is 537 g/mol. The molecule has 1 aliphatic heterocycles. The van der Waals surface area contributed by atoms with E-state index in [1.165, 1.54) is 23.3 Å². The van der Waals surface area contributed by atoms with Crippen LogP contribution in [0.1, 0.15) is 46.1 Å². The van der Waals surface area contributed by atoms with Crippen LogP contribution in [0, 0.1) is 6.92 Å². The van der Waals surface area contributed by atoms with Crippen LogP contribution in [0.2, 0.25) is 0 Å². The lowest BCUT2D eigenvalue weighted by Crippen LogP contribution is -2.32. The Hall–Kier alpha value is -3.56. The van der Waals surface area contributed by atoms with Crippen LogP contribution in [0.4, 0.5) is 4.79 Å². The van der Waals surface area contributed by atoms with Gasteiger partial charge in [0.15, 0.2) is 11.5 Å². The van der Waals surface area contributed by atoms with Gasteiger partial charge in [0.05, 0.1) is 18.6 Å². The SMILES string of the molecule is COc1cc(/C=C2\SC(=O)N(CCOc3cc(C)ccc3C(C)C)C2=O)ccc1OC(=O)c1cccs1. The van der Waals surface area contributed by atoms with Crippen molar-refractivity contribution >= 4 is 46.3 Å². The molecule has 0 unspecified atom stereocenters. The van der Waals surface area contributed by atoms with Gasteiger partial charge < -0.3 is 14.2 Å². The second-order valence-corrected chi connectivity index (χ2v) is 10.6. The number of ether oxygens (including phenoxy) is 3. The van der Waals surface area contributed by atoms with E-state index < -0.39 is 5.97 Å². The number of hydrogen-bond acceptors (Lipinski definition) is 8. The van der Waals surface area contributed by atoms with Crippen molar-refractivity contribution in [1.29, 1.82) is 0 Å². The van der Waals surface area contributed by atoms with E-state index in [1.807, 2.05) is 25.1 Å². The Kier molecular flexibility index (Phi) is 8.35. The van der Waals surface area contributed by atoms with Gasteiger partial charge in [0.1, 0.15) is 17.2 Å². The van der Waals surface area contributed by atoms with Crippen molar-refractivity contribution in [2.24, 2.45) is 0 Å². The second-order valence-electron chi connectivity index (χ2n) is 8.65. The lowest BCUT2D eigenvalue weighted by atomic mass is 10.0. The van der Waals surface area contributed by atoms with Gasteiger partial charge in [-0.15, -0.1) is 11.3 Å². The third-order valence-electron chi connectivity index (χ3n) is 5.65. The van der Waals surface area contributed by atoms with Gasteiger partial charge in [0, 0.05) is 0 Å². The molecule has 7 nitrogen and oxygen atoms in total. The number of hydrogen-bond donors (Lipinski definition) is 0. The Morgan fingerprint density at radius 1 is 1.05 bits per heavy atom. The first-order valence-corrected chi connectivity index (χ1v) is 13.4. The van der Waals surface area contributed by atoms with Gasteiger partial charge in [0.25, 0.3) is 11.1 Å². The molecular formula is C28H27NO6S2. The highest BCUT2D eigenvalue weighted by Gasteiger charge is 2.35. The molecule has 192 valence electrons. The van der Waals surface area contributed by atoms with E-state index in [1.54, 1.807) is 41.8 Å². The number of thioether (sulfide) groups is 1. The molecule has 0 atom stereocenters. The van der Waals surface area contributed by atoms with E-state index in [0.29, 0.717) is 27.0 Å². The predicted molar refractivity (Wildman–Crippen MR) is 146 cm³/mol. The molecule has 1 fully saturated rings. The molecule has 1 saturated heterocycles. The zero-order valence-corrected chi connectivity index (χ0v) is 22.6. The summed E-state index contributed by atoms with van der Waals surface area (Å²) in [4.78, 5) is 39.8. The first-order chi connectivity index (χ1) is 17.8. The first kappa shape index (κ1) is 26.5. The maximum absolute atomic E-state index is 13.0. The smallest absolute Gasteiger partial charge is 0.353 e. The number of rotatable bonds is 9. The maximum atomic E-state index is 13.0. The zero-order chi connectivity index (χ0) is 26.5. The fraction of sp³-hybridized carbons (Fsp3) is 0.250. The number of amides is 2. The second kappa shape index (κ2) is 11.7. The third-order valence-corrected chi connectivity index (χ3v) is 7.40. The number of esters is 1. The van der Waals surface area contributed by atoms with Gasteiger partial charge in [-0.1, -0.05) is 38.1 Å². The average molecular weight is 538 g/mol. The fourth-order valence-corrected chi connectivity index (χ4v) is 5.20. The Morgan fingerprint density at radius 3 is 2.57 bits per heavy atom. The summed E-state index contributed by atoms with van der Waals surface area (Å²) in [5.41, 5.74) is 2.80. The van der Waals surface area contributed by atoms with E-state index in [9.17, 15) is 14.4 Å². The van der Waals surface area contributed by atoms with Gasteiger partial charge in [-0.25, -0.2) is 4.79 Å². The van der Waals surface area contributed by atoms with Gasteiger partial charge in [-0.2, -0.15) is 0 Å². The largest absolute Gasteiger partial charge is 0.493 e. The van der Waals surface area contributed by atoms with Crippen LogP contribution in [0.15, 0.2) is 58.8 Å². The molecule has 2 aromatic carbocycles. The molecule has 0 saturated carbocycles. The lowest BCUT2D eigenvalue weighted by Gasteiger charge is -2.17. The van der Waals surface area contributed by atoms with Crippen LogP contribution in [-0.4, -0.2) is 42.3 Å². The van der Waals surface area contributed by atoms with Crippen molar-refractivity contribution < 1.29 is 28.6 Å². The molecule has 0 N–H and O–H groups in total. The van der Waals surface area contributed by atoms with Crippen molar-refractivity contribution in [3.8, 4) is 17.2 Å². The molecule has 37 heavy (non-hydrogen) atoms. The molecule has 9 heteroatoms. The molecule has 4 rings (SSSR count). The Morgan fingerprint density at radius 2 is 1.86 bits per heavy atom. The zero-order valence-electron chi connectivity index (χ0n) is 21.0. The van der Waals surface area contributed by atoms with Gasteiger partial charge in [-0.3, -0.25) is 14.5 Å². The summed E-state index contributed by atoms with van der Waals surface area (Å²) in [6.07, 6.45) is 1.62. The van der Waals surface area contributed by atoms with Crippen molar-refractivity contribution in [2.45, 2.75) is 26.7 Å². The summed E-state index contributed by atoms with van der Waals surface area (Å²) >= 11 is 2.16. The molecule has 2 amide bonds. The molecule has 0 bridgehead atoms. The number of aryl methyl sites for hydroxylation is 1. The van der Waals surface area contributed by atoms with Crippen molar-refractivity contribution in [1.82, 2.24) is 4.90 Å². The Labute approximate surface area is 224 Å². The van der Waals surface area contributed by atoms with Gasteiger partial charge in [-0.05, 0) is 77.0 Å². The number of thiophene rings is 1. The molecule has 3 aromatic rings. The summed E-state index contributed by atoms with van der Waals surface area (Å²) in [5.74, 6) is 0.808. The van der Waals surface area contributed by atoms with E-state index in [0.717, 1.165) is 28.6 Å². The quantitative estimate of drug-likeness (QED) is 0.174. The van der Waals surface area contributed by atoms with Crippen LogP contribution in [0.3, 0.4) is 0 Å². The molecule has 0 spiro atoms. The summed E-state index contributed by atoms with van der Waals surface area (Å²) in [6, 6.07) is 14.5. The van der Waals surface area contributed by atoms with Gasteiger partial charge in [0.2, 0.25) is 0 Å². The standard InChI is InChI=1S/C28H27NO6S2/c1-17(2)20-9-7-18(3)14-22(20)34-12-11-29-26(30)25(37-28(29)32)16-19-8-10-21(23(15-19)33-4)35-27(31)24-6-5-13-36-24/h5-10,13-17H,11-12H2,1-4H3/b25-16-. The molecule has 2 heterocycles. The minimum absolute atomic E-state index is 0.147. The first-order valence-electron chi connectivity index (χ1n) is 11.7. The van der Waals surface area contributed by atoms with E-state index in [4.69, 9.17) is 14.2 Å². The minimum Gasteiger partial charge on any atom is -0.493 e. The summed E-state index contributed by atoms with van der Waals surface area (Å²) in [7, 11) is 1.47. The van der Waals surface area contributed by atoms with Gasteiger partial charge >= 0.3 is 5.97 Å². The van der Waals surface area contributed by atoms with E-state index in [2.05, 4.69) is 13.8 Å². The lowest BCUT2D eigenvalue weighted by molar-refractivity contribution is -0.123. The van der Waals surface area contributed by atoms with Crippen LogP contribution < -0.4 is 14.2 Å². The summed E-state index contributed by atoms with van der Waals surface area (Å²) in [6.45, 7) is 6.52. The highest BCUT2D eigenvalue weighted by molar-refractivity contribution is 8.18. The van der Waals surface area contributed by atoms with Crippen LogP contribution in [-0.2, 0) is 4.79 Å². The van der Waals surface area contributed by atoms with Crippen LogP contribution in [0.25, 0.3) is 6.08 Å². The van der Waals surface area contributed by atoms with Crippen molar-refractivity contribution in [3.63, 3.8) is 0 Å². The highest BCUT2D eigenvalue weighted by Crippen LogP contribution is 2.35. The number of methoxy groups -OCH3 is 1. The number of carbonyl (C=O) groups excluding carboxylic acids is 3. The van der Waals surface area contributed by atoms with Crippen molar-refractivity contribution in [3.05, 3.63) is 80.4 Å². The average Bonchev–Trinajstić information content (AvgIpc) is 3.49. The molecule has 1 aliphatic rings. The fourth-order valence-electron chi connectivity index (χ4n) is 3.74. The molecule has 0 aliphatic carbocycles. The topological polar surface area (TPSA) is 82.1 Å². The number of imide groups is 1. The summed E-state index contributed by atoms with van der Waals surface area (Å²) < 4.78 is 16.8. The van der Waals surface area contributed by atoms with E-state index in [-0.39, 0.29) is 30.0 Å². The van der Waals surface area contributed by atoms with E-state index >= 15 is 0 Å². The number of nitrogens with zero attached hydrogens (tertiary/aromatic N) is 1. The Balaban J connectivity index is 1.42. The number of benzene rings is 2. The summed E-state index contributed by atoms with van der Waals surface area (Å²) in [5, 5.41) is 1.45. The normalized spacial score (nSPS) is 14.5. The number of carbonyl (C=O) groups is 3. The molecule has 0 radical (unpaired) electrons. The van der Waals surface area contributed by atoms with Crippen LogP contribution >= 0.6 is 23.1 Å². The third kappa shape index (κ3) is 6.23. The Bertz CT molecular complexity index is 1350. The highest BCUT2D eigenvalue weighted by atomic mass is 32.2. The minimum atomic E-state index is -0.476. The predicted octanol–water partition coefficient (Wildman–Crippen LogP) is 6.52. The van der Waals surface area contributed by atoms with Crippen LogP contribution in [0.5, 0.6) is 17.2 Å². The molecule has 1 aromatic heterocycles.